The average molecular weight is 412 g/mol. The second-order valence-corrected chi connectivity index (χ2v) is 6.78. The SMILES string of the molecule is CC[C@@H](CNC(=O)[C@H](C)OC(=O)CNC(=O)c1ccccc1OC)c1ccccc1. The van der Waals surface area contributed by atoms with E-state index in [-0.39, 0.29) is 18.4 Å². The molecular weight excluding hydrogens is 384 g/mol. The Labute approximate surface area is 176 Å². The lowest BCUT2D eigenvalue weighted by atomic mass is 9.96. The van der Waals surface area contributed by atoms with Crippen LogP contribution in [0.2, 0.25) is 0 Å². The number of carbonyl (C=O) groups excluding carboxylic acids is 3. The Balaban J connectivity index is 1.79. The Kier molecular flexibility index (Phi) is 8.87. The summed E-state index contributed by atoms with van der Waals surface area (Å²) >= 11 is 0. The van der Waals surface area contributed by atoms with E-state index < -0.39 is 18.0 Å². The zero-order chi connectivity index (χ0) is 21.9. The Bertz CT molecular complexity index is 854. The molecule has 2 rings (SSSR count). The first-order valence-corrected chi connectivity index (χ1v) is 9.89. The van der Waals surface area contributed by atoms with Crippen LogP contribution in [-0.2, 0) is 14.3 Å². The summed E-state index contributed by atoms with van der Waals surface area (Å²) in [5.74, 6) is -0.960. The minimum atomic E-state index is -0.964. The van der Waals surface area contributed by atoms with Crippen LogP contribution in [0.4, 0.5) is 0 Å². The van der Waals surface area contributed by atoms with E-state index in [0.717, 1.165) is 12.0 Å². The molecule has 0 aliphatic rings. The third-order valence-electron chi connectivity index (χ3n) is 4.71. The van der Waals surface area contributed by atoms with Crippen molar-refractivity contribution < 1.29 is 23.9 Å². The van der Waals surface area contributed by atoms with Gasteiger partial charge in [-0.15, -0.1) is 0 Å². The van der Waals surface area contributed by atoms with Crippen molar-refractivity contribution in [2.45, 2.75) is 32.3 Å². The molecule has 2 aromatic rings. The van der Waals surface area contributed by atoms with Gasteiger partial charge in [0, 0.05) is 12.5 Å². The number of benzene rings is 2. The van der Waals surface area contributed by atoms with Gasteiger partial charge in [-0.1, -0.05) is 49.4 Å². The fourth-order valence-corrected chi connectivity index (χ4v) is 2.96. The van der Waals surface area contributed by atoms with E-state index >= 15 is 0 Å². The van der Waals surface area contributed by atoms with Crippen molar-refractivity contribution in [1.82, 2.24) is 10.6 Å². The molecule has 0 aromatic heterocycles. The summed E-state index contributed by atoms with van der Waals surface area (Å²) in [6, 6.07) is 16.6. The zero-order valence-electron chi connectivity index (χ0n) is 17.5. The second kappa shape index (κ2) is 11.6. The van der Waals surface area contributed by atoms with Gasteiger partial charge in [0.25, 0.3) is 11.8 Å². The van der Waals surface area contributed by atoms with E-state index in [9.17, 15) is 14.4 Å². The van der Waals surface area contributed by atoms with Gasteiger partial charge in [0.2, 0.25) is 0 Å². The zero-order valence-corrected chi connectivity index (χ0v) is 17.5. The van der Waals surface area contributed by atoms with Gasteiger partial charge >= 0.3 is 5.97 Å². The maximum Gasteiger partial charge on any atom is 0.326 e. The molecular formula is C23H28N2O5. The Morgan fingerprint density at radius 1 is 0.967 bits per heavy atom. The van der Waals surface area contributed by atoms with E-state index in [2.05, 4.69) is 17.6 Å². The summed E-state index contributed by atoms with van der Waals surface area (Å²) in [4.78, 5) is 36.5. The standard InChI is InChI=1S/C23H28N2O5/c1-4-17(18-10-6-5-7-11-18)14-24-22(27)16(2)30-21(26)15-25-23(28)19-12-8-9-13-20(19)29-3/h5-13,16-17H,4,14-15H2,1-3H3,(H,24,27)(H,25,28)/t16-,17-/m0/s1. The number of hydrogen-bond acceptors (Lipinski definition) is 5. The second-order valence-electron chi connectivity index (χ2n) is 6.78. The monoisotopic (exact) mass is 412 g/mol. The number of amides is 2. The van der Waals surface area contributed by atoms with Gasteiger partial charge < -0.3 is 20.1 Å². The van der Waals surface area contributed by atoms with Crippen molar-refractivity contribution in [3.05, 3.63) is 65.7 Å². The number of methoxy groups -OCH3 is 1. The normalized spacial score (nSPS) is 12.4. The Morgan fingerprint density at radius 2 is 1.63 bits per heavy atom. The highest BCUT2D eigenvalue weighted by Crippen LogP contribution is 2.18. The van der Waals surface area contributed by atoms with E-state index in [0.29, 0.717) is 17.9 Å². The van der Waals surface area contributed by atoms with Gasteiger partial charge in [-0.25, -0.2) is 0 Å². The first-order valence-electron chi connectivity index (χ1n) is 9.89. The average Bonchev–Trinajstić information content (AvgIpc) is 2.78. The Morgan fingerprint density at radius 3 is 2.30 bits per heavy atom. The number of esters is 1. The molecule has 0 radical (unpaired) electrons. The summed E-state index contributed by atoms with van der Waals surface area (Å²) in [7, 11) is 1.46. The highest BCUT2D eigenvalue weighted by molar-refractivity contribution is 5.98. The quantitative estimate of drug-likeness (QED) is 0.585. The van der Waals surface area contributed by atoms with Crippen molar-refractivity contribution in [2.24, 2.45) is 0 Å². The molecule has 0 saturated heterocycles. The number of nitrogens with one attached hydrogen (secondary N) is 2. The van der Waals surface area contributed by atoms with Crippen LogP contribution in [0.5, 0.6) is 5.75 Å². The van der Waals surface area contributed by atoms with E-state index in [1.165, 1.54) is 14.0 Å². The van der Waals surface area contributed by atoms with Crippen LogP contribution in [0, 0.1) is 0 Å². The minimum absolute atomic E-state index is 0.179. The molecule has 30 heavy (non-hydrogen) atoms. The van der Waals surface area contributed by atoms with Crippen LogP contribution < -0.4 is 15.4 Å². The van der Waals surface area contributed by atoms with Crippen molar-refractivity contribution in [3.63, 3.8) is 0 Å². The predicted octanol–water partition coefficient (Wildman–Crippen LogP) is 2.67. The van der Waals surface area contributed by atoms with Crippen LogP contribution in [-0.4, -0.2) is 44.1 Å². The van der Waals surface area contributed by atoms with Gasteiger partial charge in [-0.3, -0.25) is 14.4 Å². The Hall–Kier alpha value is -3.35. The van der Waals surface area contributed by atoms with Gasteiger partial charge in [0.15, 0.2) is 6.10 Å². The molecule has 0 saturated carbocycles. The highest BCUT2D eigenvalue weighted by atomic mass is 16.5. The van der Waals surface area contributed by atoms with E-state index in [1.807, 2.05) is 30.3 Å². The molecule has 0 fully saturated rings. The van der Waals surface area contributed by atoms with Gasteiger partial charge in [-0.2, -0.15) is 0 Å². The van der Waals surface area contributed by atoms with Gasteiger partial charge in [-0.05, 0) is 31.0 Å². The molecule has 2 N–H and O–H groups in total. The maximum atomic E-state index is 12.3. The lowest BCUT2D eigenvalue weighted by Crippen LogP contribution is -2.40. The molecule has 7 nitrogen and oxygen atoms in total. The van der Waals surface area contributed by atoms with Gasteiger partial charge in [0.05, 0.1) is 12.7 Å². The summed E-state index contributed by atoms with van der Waals surface area (Å²) in [5, 5.41) is 5.30. The van der Waals surface area contributed by atoms with E-state index in [4.69, 9.17) is 9.47 Å². The predicted molar refractivity (Wildman–Crippen MR) is 113 cm³/mol. The van der Waals surface area contributed by atoms with Crippen molar-refractivity contribution in [3.8, 4) is 5.75 Å². The first-order chi connectivity index (χ1) is 14.5. The minimum Gasteiger partial charge on any atom is -0.496 e. The third kappa shape index (κ3) is 6.62. The highest BCUT2D eigenvalue weighted by Gasteiger charge is 2.20. The number of hydrogen-bond donors (Lipinski definition) is 2. The fraction of sp³-hybridized carbons (Fsp3) is 0.348. The molecule has 0 aliphatic carbocycles. The van der Waals surface area contributed by atoms with Crippen LogP contribution >= 0.6 is 0 Å². The number of ether oxygens (including phenoxy) is 2. The van der Waals surface area contributed by atoms with Crippen molar-refractivity contribution in [2.75, 3.05) is 20.2 Å². The number of rotatable bonds is 10. The van der Waals surface area contributed by atoms with Crippen LogP contribution in [0.25, 0.3) is 0 Å². The lowest BCUT2D eigenvalue weighted by molar-refractivity contribution is -0.153. The van der Waals surface area contributed by atoms with Crippen molar-refractivity contribution in [1.29, 1.82) is 0 Å². The van der Waals surface area contributed by atoms with Crippen molar-refractivity contribution >= 4 is 17.8 Å². The summed E-state index contributed by atoms with van der Waals surface area (Å²) in [5.41, 5.74) is 1.45. The largest absolute Gasteiger partial charge is 0.496 e. The summed E-state index contributed by atoms with van der Waals surface area (Å²) in [6.45, 7) is 3.65. The molecule has 0 spiro atoms. The molecule has 2 atom stereocenters. The van der Waals surface area contributed by atoms with Crippen LogP contribution in [0.3, 0.4) is 0 Å². The maximum absolute atomic E-state index is 12.3. The lowest BCUT2D eigenvalue weighted by Gasteiger charge is -2.18. The molecule has 0 aliphatic heterocycles. The molecule has 0 bridgehead atoms. The van der Waals surface area contributed by atoms with Crippen LogP contribution in [0.1, 0.15) is 42.1 Å². The topological polar surface area (TPSA) is 93.7 Å². The first kappa shape index (κ1) is 22.9. The molecule has 0 heterocycles. The molecule has 7 heteroatoms. The molecule has 2 aromatic carbocycles. The fourth-order valence-electron chi connectivity index (χ4n) is 2.96. The molecule has 0 unspecified atom stereocenters. The number of para-hydroxylation sites is 1. The van der Waals surface area contributed by atoms with E-state index in [1.54, 1.807) is 24.3 Å². The smallest absolute Gasteiger partial charge is 0.326 e. The molecule has 2 amide bonds. The van der Waals surface area contributed by atoms with Gasteiger partial charge in [0.1, 0.15) is 12.3 Å². The van der Waals surface area contributed by atoms with Crippen LogP contribution in [0.15, 0.2) is 54.6 Å². The number of carbonyl (C=O) groups is 3. The molecule has 160 valence electrons. The summed E-state index contributed by atoms with van der Waals surface area (Å²) in [6.07, 6.45) is -0.0954. The third-order valence-corrected chi connectivity index (χ3v) is 4.71. The summed E-state index contributed by atoms with van der Waals surface area (Å²) < 4.78 is 10.3.